The number of carboxylic acids is 1. The minimum absolute atomic E-state index is 0.0369. The summed E-state index contributed by atoms with van der Waals surface area (Å²) in [5.41, 5.74) is -0.643. The van der Waals surface area contributed by atoms with E-state index in [-0.39, 0.29) is 6.03 Å². The van der Waals surface area contributed by atoms with Crippen molar-refractivity contribution in [3.05, 3.63) is 0 Å². The van der Waals surface area contributed by atoms with E-state index in [1.165, 1.54) is 0 Å². The highest BCUT2D eigenvalue weighted by Crippen LogP contribution is 2.36. The number of carbonyl (C=O) groups excluding carboxylic acids is 1. The number of urea groups is 1. The minimum Gasteiger partial charge on any atom is -0.481 e. The monoisotopic (exact) mass is 300 g/mol. The molecule has 0 unspecified atom stereocenters. The second-order valence-electron chi connectivity index (χ2n) is 5.72. The molecule has 1 aliphatic heterocycles. The molecule has 1 N–H and O–H groups in total. The van der Waals surface area contributed by atoms with Crippen LogP contribution in [0.1, 0.15) is 39.5 Å². The maximum absolute atomic E-state index is 12.3. The molecule has 0 aliphatic carbocycles. The van der Waals surface area contributed by atoms with Crippen molar-refractivity contribution in [3.63, 3.8) is 0 Å². The first-order valence-corrected chi connectivity index (χ1v) is 7.78. The van der Waals surface area contributed by atoms with E-state index in [9.17, 15) is 14.7 Å². The summed E-state index contributed by atoms with van der Waals surface area (Å²) in [4.78, 5) is 27.2. The Labute approximate surface area is 127 Å². The predicted molar refractivity (Wildman–Crippen MR) is 80.3 cm³/mol. The molecule has 6 heteroatoms. The number of ether oxygens (including phenoxy) is 1. The van der Waals surface area contributed by atoms with Crippen LogP contribution in [0.3, 0.4) is 0 Å². The number of nitrogens with zero attached hydrogens (tertiary/aromatic N) is 2. The molecule has 1 saturated heterocycles. The van der Waals surface area contributed by atoms with Crippen molar-refractivity contribution in [3.8, 4) is 0 Å². The fourth-order valence-electron chi connectivity index (χ4n) is 2.86. The molecule has 0 spiro atoms. The topological polar surface area (TPSA) is 70.1 Å². The molecular weight excluding hydrogens is 272 g/mol. The van der Waals surface area contributed by atoms with Crippen molar-refractivity contribution >= 4 is 12.0 Å². The number of likely N-dealkylation sites (tertiary alicyclic amines) is 1. The lowest BCUT2D eigenvalue weighted by Gasteiger charge is -2.40. The van der Waals surface area contributed by atoms with E-state index in [0.29, 0.717) is 52.1 Å². The Morgan fingerprint density at radius 1 is 1.29 bits per heavy atom. The Hall–Kier alpha value is -1.30. The molecule has 0 saturated carbocycles. The van der Waals surface area contributed by atoms with Crippen molar-refractivity contribution in [2.24, 2.45) is 5.41 Å². The highest BCUT2D eigenvalue weighted by atomic mass is 16.5. The van der Waals surface area contributed by atoms with E-state index in [2.05, 4.69) is 0 Å². The van der Waals surface area contributed by atoms with Crippen molar-refractivity contribution in [1.29, 1.82) is 0 Å². The average Bonchev–Trinajstić information content (AvgIpc) is 2.47. The summed E-state index contributed by atoms with van der Waals surface area (Å²) >= 11 is 0. The van der Waals surface area contributed by atoms with Crippen LogP contribution in [0.15, 0.2) is 0 Å². The fourth-order valence-corrected chi connectivity index (χ4v) is 2.86. The lowest BCUT2D eigenvalue weighted by molar-refractivity contribution is -0.152. The van der Waals surface area contributed by atoms with Gasteiger partial charge < -0.3 is 19.6 Å². The smallest absolute Gasteiger partial charge is 0.319 e. The molecule has 0 aromatic carbocycles. The molecule has 0 aromatic rings. The molecule has 0 atom stereocenters. The summed E-state index contributed by atoms with van der Waals surface area (Å²) in [7, 11) is 1.76. The Bertz CT molecular complexity index is 352. The maximum atomic E-state index is 12.3. The summed E-state index contributed by atoms with van der Waals surface area (Å²) in [6, 6.07) is -0.0369. The summed E-state index contributed by atoms with van der Waals surface area (Å²) < 4.78 is 5.25. The van der Waals surface area contributed by atoms with Gasteiger partial charge in [-0.1, -0.05) is 13.3 Å². The number of amides is 2. The zero-order valence-corrected chi connectivity index (χ0v) is 13.4. The van der Waals surface area contributed by atoms with Crippen LogP contribution in [0.25, 0.3) is 0 Å². The van der Waals surface area contributed by atoms with Gasteiger partial charge in [0.1, 0.15) is 0 Å². The largest absolute Gasteiger partial charge is 0.481 e. The first-order chi connectivity index (χ1) is 9.96. The van der Waals surface area contributed by atoms with Crippen LogP contribution in [0, 0.1) is 5.41 Å². The number of piperidine rings is 1. The van der Waals surface area contributed by atoms with Gasteiger partial charge in [0.15, 0.2) is 0 Å². The van der Waals surface area contributed by atoms with E-state index in [0.717, 1.165) is 6.42 Å². The van der Waals surface area contributed by atoms with E-state index in [1.54, 1.807) is 16.8 Å². The Morgan fingerprint density at radius 3 is 2.38 bits per heavy atom. The molecule has 0 radical (unpaired) electrons. The molecule has 1 rings (SSSR count). The highest BCUT2D eigenvalue weighted by molar-refractivity contribution is 5.77. The van der Waals surface area contributed by atoms with Gasteiger partial charge in [0, 0.05) is 33.3 Å². The van der Waals surface area contributed by atoms with Crippen LogP contribution in [-0.2, 0) is 9.53 Å². The molecule has 1 fully saturated rings. The molecule has 2 amide bonds. The third-order valence-electron chi connectivity index (χ3n) is 4.28. The van der Waals surface area contributed by atoms with Gasteiger partial charge in [-0.25, -0.2) is 4.79 Å². The first kappa shape index (κ1) is 17.8. The SMILES string of the molecule is CCCC1(C(=O)O)CCN(C(=O)N(C)CCOCC)CC1. The second kappa shape index (κ2) is 8.22. The van der Waals surface area contributed by atoms with E-state index < -0.39 is 11.4 Å². The summed E-state index contributed by atoms with van der Waals surface area (Å²) in [6.45, 7) is 6.69. The molecule has 122 valence electrons. The van der Waals surface area contributed by atoms with Crippen LogP contribution in [-0.4, -0.2) is 66.8 Å². The van der Waals surface area contributed by atoms with Crippen molar-refractivity contribution in [2.45, 2.75) is 39.5 Å². The molecular formula is C15H28N2O4. The summed E-state index contributed by atoms with van der Waals surface area (Å²) in [6.07, 6.45) is 2.63. The minimum atomic E-state index is -0.721. The fraction of sp³-hybridized carbons (Fsp3) is 0.867. The number of hydrogen-bond acceptors (Lipinski definition) is 3. The number of hydrogen-bond donors (Lipinski definition) is 1. The van der Waals surface area contributed by atoms with Gasteiger partial charge >= 0.3 is 12.0 Å². The number of likely N-dealkylation sites (N-methyl/N-ethyl adjacent to an activating group) is 1. The van der Waals surface area contributed by atoms with Gasteiger partial charge in [-0.15, -0.1) is 0 Å². The average molecular weight is 300 g/mol. The molecule has 21 heavy (non-hydrogen) atoms. The van der Waals surface area contributed by atoms with Crippen LogP contribution in [0.5, 0.6) is 0 Å². The van der Waals surface area contributed by atoms with Crippen LogP contribution in [0.2, 0.25) is 0 Å². The lowest BCUT2D eigenvalue weighted by Crippen LogP contribution is -2.50. The van der Waals surface area contributed by atoms with Crippen LogP contribution >= 0.6 is 0 Å². The van der Waals surface area contributed by atoms with E-state index in [1.807, 2.05) is 13.8 Å². The molecule has 1 aliphatic rings. The van der Waals surface area contributed by atoms with Gasteiger partial charge in [0.2, 0.25) is 0 Å². The predicted octanol–water partition coefficient (Wildman–Crippen LogP) is 2.04. The number of rotatable bonds is 7. The second-order valence-corrected chi connectivity index (χ2v) is 5.72. The van der Waals surface area contributed by atoms with E-state index >= 15 is 0 Å². The van der Waals surface area contributed by atoms with Gasteiger partial charge in [-0.2, -0.15) is 0 Å². The third kappa shape index (κ3) is 4.59. The van der Waals surface area contributed by atoms with Gasteiger partial charge in [0.05, 0.1) is 12.0 Å². The number of aliphatic carboxylic acids is 1. The molecule has 0 bridgehead atoms. The Morgan fingerprint density at radius 2 is 1.90 bits per heavy atom. The normalized spacial score (nSPS) is 17.6. The first-order valence-electron chi connectivity index (χ1n) is 7.78. The van der Waals surface area contributed by atoms with Crippen LogP contribution < -0.4 is 0 Å². The molecule has 6 nitrogen and oxygen atoms in total. The Kier molecular flexibility index (Phi) is 6.95. The summed E-state index contributed by atoms with van der Waals surface area (Å²) in [5, 5.41) is 9.47. The molecule has 0 aromatic heterocycles. The van der Waals surface area contributed by atoms with Crippen molar-refractivity contribution in [1.82, 2.24) is 9.80 Å². The maximum Gasteiger partial charge on any atom is 0.319 e. The number of carboxylic acid groups (broad SMARTS) is 1. The van der Waals surface area contributed by atoms with Crippen molar-refractivity contribution in [2.75, 3.05) is 39.9 Å². The van der Waals surface area contributed by atoms with Crippen molar-refractivity contribution < 1.29 is 19.4 Å². The van der Waals surface area contributed by atoms with Crippen LogP contribution in [0.4, 0.5) is 4.79 Å². The Balaban J connectivity index is 2.51. The molecule has 1 heterocycles. The zero-order valence-electron chi connectivity index (χ0n) is 13.4. The number of carbonyl (C=O) groups is 2. The van der Waals surface area contributed by atoms with Gasteiger partial charge in [0.25, 0.3) is 0 Å². The standard InChI is InChI=1S/C15H28N2O4/c1-4-6-15(13(18)19)7-9-17(10-8-15)14(20)16(3)11-12-21-5-2/h4-12H2,1-3H3,(H,18,19). The van der Waals surface area contributed by atoms with E-state index in [4.69, 9.17) is 4.74 Å². The zero-order chi connectivity index (χ0) is 15.9. The highest BCUT2D eigenvalue weighted by Gasteiger charge is 2.41. The lowest BCUT2D eigenvalue weighted by atomic mass is 9.75. The third-order valence-corrected chi connectivity index (χ3v) is 4.28. The summed E-state index contributed by atoms with van der Waals surface area (Å²) in [5.74, 6) is -0.721. The van der Waals surface area contributed by atoms with Gasteiger partial charge in [-0.3, -0.25) is 4.79 Å². The quantitative estimate of drug-likeness (QED) is 0.730. The van der Waals surface area contributed by atoms with Gasteiger partial charge in [-0.05, 0) is 26.2 Å².